The van der Waals surface area contributed by atoms with Crippen LogP contribution in [-0.2, 0) is 36.4 Å². The topological polar surface area (TPSA) is 76.6 Å². The Bertz CT molecular complexity index is 1040. The lowest BCUT2D eigenvalue weighted by Gasteiger charge is -2.20. The molecule has 2 aromatic rings. The van der Waals surface area contributed by atoms with E-state index in [0.29, 0.717) is 18.1 Å². The van der Waals surface area contributed by atoms with Gasteiger partial charge in [0, 0.05) is 36.3 Å². The Balaban J connectivity index is 2.67. The van der Waals surface area contributed by atoms with Gasteiger partial charge >= 0.3 is 12.1 Å². The van der Waals surface area contributed by atoms with Gasteiger partial charge in [-0.1, -0.05) is 40.2 Å². The second kappa shape index (κ2) is 9.11. The second-order valence-electron chi connectivity index (χ2n) is 8.50. The number of aromatic nitrogens is 2. The summed E-state index contributed by atoms with van der Waals surface area (Å²) in [5.41, 5.74) is -0.414. The summed E-state index contributed by atoms with van der Waals surface area (Å²) >= 11 is 0. The minimum atomic E-state index is -4.66. The molecule has 1 amide bonds. The molecule has 0 aliphatic rings. The normalized spacial score (nSPS) is 13.0. The van der Waals surface area contributed by atoms with Crippen molar-refractivity contribution in [1.82, 2.24) is 9.36 Å². The summed E-state index contributed by atoms with van der Waals surface area (Å²) in [7, 11) is 1.85. The lowest BCUT2D eigenvalue weighted by Crippen LogP contribution is -2.25. The maximum Gasteiger partial charge on any atom is 0.416 e. The minimum absolute atomic E-state index is 0.0127. The molecule has 1 heterocycles. The predicted octanol–water partition coefficient (Wildman–Crippen LogP) is 4.31. The van der Waals surface area contributed by atoms with Crippen LogP contribution >= 0.6 is 0 Å². The average molecular weight is 439 g/mol. The summed E-state index contributed by atoms with van der Waals surface area (Å²) in [6.07, 6.45) is -3.50. The summed E-state index contributed by atoms with van der Waals surface area (Å²) in [6.45, 7) is 8.64. The third-order valence-electron chi connectivity index (χ3n) is 4.96. The van der Waals surface area contributed by atoms with E-state index in [1.54, 1.807) is 6.07 Å². The summed E-state index contributed by atoms with van der Waals surface area (Å²) in [6, 6.07) is 4.22. The van der Waals surface area contributed by atoms with E-state index in [1.165, 1.54) is 0 Å². The van der Waals surface area contributed by atoms with Crippen molar-refractivity contribution >= 4 is 11.9 Å². The van der Waals surface area contributed by atoms with Crippen molar-refractivity contribution in [3.05, 3.63) is 52.1 Å². The number of carbonyl (C=O) groups is 2. The zero-order valence-corrected chi connectivity index (χ0v) is 18.4. The van der Waals surface area contributed by atoms with E-state index >= 15 is 0 Å². The molecule has 0 fully saturated rings. The second-order valence-corrected chi connectivity index (χ2v) is 8.50. The van der Waals surface area contributed by atoms with Crippen LogP contribution in [0.2, 0.25) is 0 Å². The van der Waals surface area contributed by atoms with Crippen LogP contribution in [0.5, 0.6) is 0 Å². The first-order chi connectivity index (χ1) is 14.3. The summed E-state index contributed by atoms with van der Waals surface area (Å²) in [5, 5.41) is 9.09. The number of rotatable bonds is 6. The Morgan fingerprint density at radius 1 is 1.13 bits per heavy atom. The van der Waals surface area contributed by atoms with Gasteiger partial charge in [0.1, 0.15) is 0 Å². The Morgan fingerprint density at radius 3 is 2.29 bits per heavy atom. The van der Waals surface area contributed by atoms with Crippen LogP contribution < -0.4 is 5.49 Å². The van der Waals surface area contributed by atoms with Crippen molar-refractivity contribution in [3.63, 3.8) is 0 Å². The molecule has 1 aromatic heterocycles. The maximum absolute atomic E-state index is 13.2. The highest BCUT2D eigenvalue weighted by molar-refractivity contribution is 5.97. The maximum atomic E-state index is 13.2. The molecule has 0 aliphatic carbocycles. The van der Waals surface area contributed by atoms with Gasteiger partial charge in [-0.2, -0.15) is 18.2 Å². The SMILES string of the molecule is CCCCn1c(=NC(=O)c2cc(C(F)(F)F)ccc2CC(=O)O)cc(C(C)(C)C)n1C. The number of halogens is 3. The van der Waals surface area contributed by atoms with Crippen molar-refractivity contribution in [1.29, 1.82) is 0 Å². The summed E-state index contributed by atoms with van der Waals surface area (Å²) in [4.78, 5) is 28.2. The number of aliphatic carboxylic acids is 1. The number of carboxylic acid groups (broad SMARTS) is 1. The molecule has 1 N–H and O–H groups in total. The van der Waals surface area contributed by atoms with Crippen LogP contribution in [0.4, 0.5) is 13.2 Å². The Kier molecular flexibility index (Phi) is 7.18. The third-order valence-corrected chi connectivity index (χ3v) is 4.96. The fourth-order valence-electron chi connectivity index (χ4n) is 3.37. The van der Waals surface area contributed by atoms with E-state index in [2.05, 4.69) is 4.99 Å². The average Bonchev–Trinajstić information content (AvgIpc) is 2.94. The molecule has 0 aliphatic heterocycles. The molecule has 0 saturated heterocycles. The fraction of sp³-hybridized carbons (Fsp3) is 0.500. The zero-order chi connectivity index (χ0) is 23.6. The van der Waals surface area contributed by atoms with Gasteiger partial charge in [-0.05, 0) is 24.1 Å². The lowest BCUT2D eigenvalue weighted by atomic mass is 9.92. The van der Waals surface area contributed by atoms with Gasteiger partial charge in [0.15, 0.2) is 5.49 Å². The highest BCUT2D eigenvalue weighted by Gasteiger charge is 2.32. The molecule has 1 aromatic carbocycles. The Labute approximate surface area is 179 Å². The van der Waals surface area contributed by atoms with Gasteiger partial charge < -0.3 is 5.11 Å². The number of alkyl halides is 3. The molecule has 2 rings (SSSR count). The molecule has 6 nitrogen and oxygen atoms in total. The molecule has 0 atom stereocenters. The van der Waals surface area contributed by atoms with E-state index in [9.17, 15) is 22.8 Å². The first-order valence-electron chi connectivity index (χ1n) is 10.0. The fourth-order valence-corrected chi connectivity index (χ4v) is 3.37. The van der Waals surface area contributed by atoms with Crippen molar-refractivity contribution in [3.8, 4) is 0 Å². The number of carbonyl (C=O) groups excluding carboxylic acids is 1. The predicted molar refractivity (Wildman–Crippen MR) is 110 cm³/mol. The van der Waals surface area contributed by atoms with Crippen molar-refractivity contribution in [2.45, 2.75) is 65.1 Å². The number of unbranched alkanes of at least 4 members (excludes halogenated alkanes) is 1. The van der Waals surface area contributed by atoms with Crippen LogP contribution in [0.25, 0.3) is 0 Å². The van der Waals surface area contributed by atoms with Crippen LogP contribution in [0, 0.1) is 0 Å². The summed E-state index contributed by atoms with van der Waals surface area (Å²) < 4.78 is 43.2. The highest BCUT2D eigenvalue weighted by atomic mass is 19.4. The monoisotopic (exact) mass is 439 g/mol. The molecular weight excluding hydrogens is 411 g/mol. The van der Waals surface area contributed by atoms with E-state index in [0.717, 1.165) is 30.7 Å². The number of hydrogen-bond donors (Lipinski definition) is 1. The van der Waals surface area contributed by atoms with Crippen molar-refractivity contribution < 1.29 is 27.9 Å². The van der Waals surface area contributed by atoms with Gasteiger partial charge in [-0.15, -0.1) is 0 Å². The smallest absolute Gasteiger partial charge is 0.416 e. The van der Waals surface area contributed by atoms with Gasteiger partial charge in [0.25, 0.3) is 5.91 Å². The first-order valence-corrected chi connectivity index (χ1v) is 10.0. The molecule has 0 unspecified atom stereocenters. The molecule has 0 saturated carbocycles. The van der Waals surface area contributed by atoms with Gasteiger partial charge in [-0.25, -0.2) is 0 Å². The largest absolute Gasteiger partial charge is 0.481 e. The van der Waals surface area contributed by atoms with Gasteiger partial charge in [-0.3, -0.25) is 19.0 Å². The molecule has 170 valence electrons. The van der Waals surface area contributed by atoms with Crippen molar-refractivity contribution in [2.75, 3.05) is 0 Å². The summed E-state index contributed by atoms with van der Waals surface area (Å²) in [5.74, 6) is -2.15. The minimum Gasteiger partial charge on any atom is -0.481 e. The van der Waals surface area contributed by atoms with Crippen LogP contribution in [0.3, 0.4) is 0 Å². The number of nitrogens with zero attached hydrogens (tertiary/aromatic N) is 3. The molecule has 0 bridgehead atoms. The molecular formula is C22H28F3N3O3. The quantitative estimate of drug-likeness (QED) is 0.729. The third kappa shape index (κ3) is 5.86. The molecule has 0 spiro atoms. The molecule has 31 heavy (non-hydrogen) atoms. The van der Waals surface area contributed by atoms with E-state index < -0.39 is 30.0 Å². The molecule has 0 radical (unpaired) electrons. The van der Waals surface area contributed by atoms with E-state index in [-0.39, 0.29) is 16.5 Å². The number of hydrogen-bond acceptors (Lipinski definition) is 2. The zero-order valence-electron chi connectivity index (χ0n) is 18.4. The Morgan fingerprint density at radius 2 is 1.77 bits per heavy atom. The van der Waals surface area contributed by atoms with E-state index in [4.69, 9.17) is 5.11 Å². The number of carboxylic acids is 1. The lowest BCUT2D eigenvalue weighted by molar-refractivity contribution is -0.137. The standard InChI is InChI=1S/C22H28F3N3O3/c1-6-7-10-28-18(13-17(27(28)5)21(2,3)4)26-20(31)16-12-15(22(23,24)25)9-8-14(16)11-19(29)30/h8-9,12-13H,6-7,10-11H2,1-5H3,(H,29,30). The van der Waals surface area contributed by atoms with Crippen molar-refractivity contribution in [2.24, 2.45) is 12.0 Å². The number of benzene rings is 1. The van der Waals surface area contributed by atoms with Gasteiger partial charge in [0.2, 0.25) is 0 Å². The van der Waals surface area contributed by atoms with E-state index in [1.807, 2.05) is 44.1 Å². The van der Waals surface area contributed by atoms with Crippen LogP contribution in [-0.4, -0.2) is 26.3 Å². The van der Waals surface area contributed by atoms with Gasteiger partial charge in [0.05, 0.1) is 12.0 Å². The van der Waals surface area contributed by atoms with Crippen LogP contribution in [0.1, 0.15) is 67.7 Å². The highest BCUT2D eigenvalue weighted by Crippen LogP contribution is 2.31. The molecule has 9 heteroatoms. The number of amides is 1. The van der Waals surface area contributed by atoms with Crippen LogP contribution in [0.15, 0.2) is 29.3 Å². The Hall–Kier alpha value is -2.84. The first kappa shape index (κ1) is 24.4.